The predicted molar refractivity (Wildman–Crippen MR) is 112 cm³/mol. The Morgan fingerprint density at radius 2 is 1.40 bits per heavy atom. The molecule has 2 N–H and O–H groups in total. The molecule has 1 aromatic carbocycles. The van der Waals surface area contributed by atoms with Gasteiger partial charge in [0, 0.05) is 5.56 Å². The number of carboxylic acids is 2. The molecule has 0 aromatic heterocycles. The molecule has 0 radical (unpaired) electrons. The Morgan fingerprint density at radius 3 is 1.90 bits per heavy atom. The number of ether oxygens (including phenoxy) is 2. The number of hydrogen-bond donors (Lipinski definition) is 2. The molecule has 6 nitrogen and oxygen atoms in total. The number of hydrogen-bond acceptors (Lipinski definition) is 4. The van der Waals surface area contributed by atoms with E-state index in [1.807, 2.05) is 24.3 Å². The first-order valence-electron chi connectivity index (χ1n) is 11.3. The van der Waals surface area contributed by atoms with Crippen LogP contribution in [0, 0.1) is 11.8 Å². The third-order valence-electron chi connectivity index (χ3n) is 6.55. The second kappa shape index (κ2) is 10.9. The van der Waals surface area contributed by atoms with Crippen molar-refractivity contribution < 1.29 is 29.3 Å². The Balaban J connectivity index is 1.40. The zero-order valence-electron chi connectivity index (χ0n) is 17.8. The van der Waals surface area contributed by atoms with Gasteiger partial charge in [-0.3, -0.25) is 0 Å². The number of rotatable bonds is 10. The summed E-state index contributed by atoms with van der Waals surface area (Å²) in [6, 6.07) is 7.64. The van der Waals surface area contributed by atoms with E-state index in [-0.39, 0.29) is 0 Å². The Morgan fingerprint density at radius 1 is 0.867 bits per heavy atom. The van der Waals surface area contributed by atoms with Crippen molar-refractivity contribution in [3.05, 3.63) is 35.4 Å². The average molecular weight is 419 g/mol. The quantitative estimate of drug-likeness (QED) is 0.522. The summed E-state index contributed by atoms with van der Waals surface area (Å²) in [7, 11) is 0. The van der Waals surface area contributed by atoms with E-state index in [1.165, 1.54) is 56.9 Å². The zero-order valence-corrected chi connectivity index (χ0v) is 17.8. The summed E-state index contributed by atoms with van der Waals surface area (Å²) >= 11 is 0. The number of unbranched alkanes of at least 4 members (excludes halogenated alkanes) is 1. The van der Waals surface area contributed by atoms with Gasteiger partial charge in [0.05, 0.1) is 0 Å². The molecule has 0 spiro atoms. The fourth-order valence-corrected chi connectivity index (χ4v) is 4.79. The normalized spacial score (nSPS) is 29.0. The van der Waals surface area contributed by atoms with Crippen LogP contribution in [0.5, 0.6) is 0 Å². The van der Waals surface area contributed by atoms with E-state index < -0.39 is 30.4 Å². The van der Waals surface area contributed by atoms with Gasteiger partial charge in [0.2, 0.25) is 0 Å². The van der Waals surface area contributed by atoms with Crippen LogP contribution in [-0.4, -0.2) is 34.4 Å². The van der Waals surface area contributed by atoms with Gasteiger partial charge in [-0.25, -0.2) is 9.59 Å². The molecule has 30 heavy (non-hydrogen) atoms. The Hall–Kier alpha value is -1.92. The molecule has 2 aliphatic rings. The minimum absolute atomic E-state index is 0.637. The maximum absolute atomic E-state index is 11.2. The molecule has 1 aliphatic carbocycles. The fourth-order valence-electron chi connectivity index (χ4n) is 4.79. The maximum Gasteiger partial charge on any atom is 0.336 e. The van der Waals surface area contributed by atoms with Gasteiger partial charge in [0.1, 0.15) is 0 Å². The third kappa shape index (κ3) is 6.05. The molecular weight excluding hydrogens is 384 g/mol. The summed E-state index contributed by atoms with van der Waals surface area (Å²) in [5.41, 5.74) is 1.85. The zero-order chi connectivity index (χ0) is 21.5. The van der Waals surface area contributed by atoms with Crippen LogP contribution in [0.3, 0.4) is 0 Å². The van der Waals surface area contributed by atoms with E-state index in [0.717, 1.165) is 24.7 Å². The van der Waals surface area contributed by atoms with Crippen LogP contribution >= 0.6 is 0 Å². The summed E-state index contributed by atoms with van der Waals surface area (Å²) in [4.78, 5) is 22.4. The van der Waals surface area contributed by atoms with Gasteiger partial charge in [-0.2, -0.15) is 0 Å². The highest BCUT2D eigenvalue weighted by molar-refractivity contribution is 5.84. The molecule has 1 aliphatic heterocycles. The van der Waals surface area contributed by atoms with Crippen molar-refractivity contribution in [2.24, 2.45) is 11.8 Å². The van der Waals surface area contributed by atoms with Crippen molar-refractivity contribution in [2.45, 2.75) is 89.6 Å². The molecule has 6 heteroatoms. The van der Waals surface area contributed by atoms with Crippen LogP contribution in [0.4, 0.5) is 0 Å². The highest BCUT2D eigenvalue weighted by Gasteiger charge is 2.46. The summed E-state index contributed by atoms with van der Waals surface area (Å²) in [5.74, 6) is -0.795. The minimum Gasteiger partial charge on any atom is -0.479 e. The first kappa shape index (κ1) is 22.8. The van der Waals surface area contributed by atoms with E-state index in [1.54, 1.807) is 0 Å². The number of benzene rings is 1. The monoisotopic (exact) mass is 418 g/mol. The molecule has 0 amide bonds. The van der Waals surface area contributed by atoms with Crippen molar-refractivity contribution in [1.29, 1.82) is 0 Å². The number of aryl methyl sites for hydroxylation is 1. The SMILES string of the molecule is CCCC1CCC(CCCCc2ccc(C3OC(C(=O)O)C(C(=O)O)O3)cc2)CC1. The molecular formula is C24H34O6. The molecule has 2 atom stereocenters. The molecule has 2 fully saturated rings. The molecule has 1 heterocycles. The van der Waals surface area contributed by atoms with Crippen LogP contribution < -0.4 is 0 Å². The van der Waals surface area contributed by atoms with E-state index in [0.29, 0.717) is 5.56 Å². The largest absolute Gasteiger partial charge is 0.479 e. The van der Waals surface area contributed by atoms with Crippen LogP contribution in [0.25, 0.3) is 0 Å². The average Bonchev–Trinajstić information content (AvgIpc) is 3.19. The molecule has 1 saturated carbocycles. The van der Waals surface area contributed by atoms with Gasteiger partial charge in [-0.15, -0.1) is 0 Å². The molecule has 3 rings (SSSR count). The van der Waals surface area contributed by atoms with Crippen LogP contribution in [0.2, 0.25) is 0 Å². The van der Waals surface area contributed by atoms with Gasteiger partial charge in [-0.1, -0.05) is 82.6 Å². The van der Waals surface area contributed by atoms with Crippen molar-refractivity contribution >= 4 is 11.9 Å². The van der Waals surface area contributed by atoms with Gasteiger partial charge in [0.15, 0.2) is 18.5 Å². The Labute approximate surface area is 178 Å². The van der Waals surface area contributed by atoms with Gasteiger partial charge in [-0.05, 0) is 30.2 Å². The lowest BCUT2D eigenvalue weighted by Gasteiger charge is -2.28. The smallest absolute Gasteiger partial charge is 0.336 e. The molecule has 0 bridgehead atoms. The second-order valence-electron chi connectivity index (χ2n) is 8.78. The standard InChI is InChI=1S/C24H34O6/c1-2-5-16-8-10-17(11-9-16)6-3-4-7-18-12-14-19(15-13-18)24-29-20(22(25)26)21(30-24)23(27)28/h12-17,20-21,24H,2-11H2,1H3,(H,25,26)(H,27,28). The summed E-state index contributed by atoms with van der Waals surface area (Å²) in [6.45, 7) is 2.28. The first-order valence-corrected chi connectivity index (χ1v) is 11.3. The highest BCUT2D eigenvalue weighted by atomic mass is 16.7. The molecule has 1 saturated heterocycles. The summed E-state index contributed by atoms with van der Waals surface area (Å²) in [5, 5.41) is 18.2. The van der Waals surface area contributed by atoms with Crippen LogP contribution in [0.1, 0.15) is 82.1 Å². The lowest BCUT2D eigenvalue weighted by molar-refractivity contribution is -0.156. The lowest BCUT2D eigenvalue weighted by atomic mass is 9.78. The van der Waals surface area contributed by atoms with Gasteiger partial charge < -0.3 is 19.7 Å². The Kier molecular flexibility index (Phi) is 8.28. The topological polar surface area (TPSA) is 93.1 Å². The summed E-state index contributed by atoms with van der Waals surface area (Å²) in [6.07, 6.45) is 9.12. The van der Waals surface area contributed by atoms with Crippen LogP contribution in [-0.2, 0) is 25.5 Å². The number of carbonyl (C=O) groups is 2. The molecule has 1 aromatic rings. The second-order valence-corrected chi connectivity index (χ2v) is 8.78. The van der Waals surface area contributed by atoms with E-state index in [4.69, 9.17) is 19.7 Å². The van der Waals surface area contributed by atoms with E-state index in [2.05, 4.69) is 6.92 Å². The van der Waals surface area contributed by atoms with Gasteiger partial charge in [0.25, 0.3) is 0 Å². The van der Waals surface area contributed by atoms with Gasteiger partial charge >= 0.3 is 11.9 Å². The molecule has 2 unspecified atom stereocenters. The lowest BCUT2D eigenvalue weighted by Crippen LogP contribution is -2.36. The predicted octanol–water partition coefficient (Wildman–Crippen LogP) is 4.96. The molecule has 166 valence electrons. The summed E-state index contributed by atoms with van der Waals surface area (Å²) < 4.78 is 10.6. The highest BCUT2D eigenvalue weighted by Crippen LogP contribution is 2.34. The van der Waals surface area contributed by atoms with E-state index in [9.17, 15) is 9.59 Å². The number of aliphatic carboxylic acids is 2. The fraction of sp³-hybridized carbons (Fsp3) is 0.667. The van der Waals surface area contributed by atoms with Crippen molar-refractivity contribution in [1.82, 2.24) is 0 Å². The van der Waals surface area contributed by atoms with Crippen LogP contribution in [0.15, 0.2) is 24.3 Å². The third-order valence-corrected chi connectivity index (χ3v) is 6.55. The van der Waals surface area contributed by atoms with Crippen molar-refractivity contribution in [3.8, 4) is 0 Å². The Bertz CT molecular complexity index is 670. The number of carboxylic acid groups (broad SMARTS) is 2. The first-order chi connectivity index (χ1) is 14.5. The van der Waals surface area contributed by atoms with Crippen molar-refractivity contribution in [2.75, 3.05) is 0 Å². The minimum atomic E-state index is -1.50. The van der Waals surface area contributed by atoms with Crippen molar-refractivity contribution in [3.63, 3.8) is 0 Å². The van der Waals surface area contributed by atoms with E-state index >= 15 is 0 Å². The maximum atomic E-state index is 11.2.